The molecule has 0 amide bonds. The molecule has 1 aromatic heterocycles. The fraction of sp³-hybridized carbons (Fsp3) is 0.357. The van der Waals surface area contributed by atoms with Crippen LogP contribution in [0.3, 0.4) is 0 Å². The number of hydrogen-bond acceptors (Lipinski definition) is 4. The van der Waals surface area contributed by atoms with Crippen molar-refractivity contribution in [2.24, 2.45) is 5.73 Å². The van der Waals surface area contributed by atoms with Crippen LogP contribution in [0.15, 0.2) is 24.3 Å². The Morgan fingerprint density at radius 1 is 1.44 bits per heavy atom. The van der Waals surface area contributed by atoms with E-state index in [2.05, 4.69) is 17.1 Å². The number of thiazole rings is 1. The zero-order valence-electron chi connectivity index (χ0n) is 10.3. The molecule has 94 valence electrons. The molecule has 2 N–H and O–H groups in total. The zero-order valence-corrected chi connectivity index (χ0v) is 11.2. The average molecular weight is 260 g/mol. The number of nitrogens with zero attached hydrogens (tertiary/aromatic N) is 1. The van der Waals surface area contributed by atoms with E-state index < -0.39 is 0 Å². The van der Waals surface area contributed by atoms with Crippen LogP contribution in [0.25, 0.3) is 0 Å². The minimum Gasteiger partial charge on any atom is -0.483 e. The monoisotopic (exact) mass is 260 g/mol. The summed E-state index contributed by atoms with van der Waals surface area (Å²) in [5, 5.41) is 1.08. The van der Waals surface area contributed by atoms with Crippen molar-refractivity contribution in [3.05, 3.63) is 45.4 Å². The third-order valence-electron chi connectivity index (χ3n) is 3.20. The fourth-order valence-corrected chi connectivity index (χ4v) is 3.38. The molecule has 3 rings (SSSR count). The molecule has 0 radical (unpaired) electrons. The number of hydrogen-bond donors (Lipinski definition) is 1. The molecular formula is C14H16N2OS. The maximum Gasteiger partial charge on any atom is 0.154 e. The predicted octanol–water partition coefficient (Wildman–Crippen LogP) is 2.63. The smallest absolute Gasteiger partial charge is 0.154 e. The molecule has 2 heterocycles. The maximum atomic E-state index is 5.96. The van der Waals surface area contributed by atoms with Gasteiger partial charge in [-0.3, -0.25) is 0 Å². The van der Waals surface area contributed by atoms with Crippen LogP contribution in [0, 0.1) is 6.92 Å². The average Bonchev–Trinajstić information content (AvgIpc) is 2.94. The van der Waals surface area contributed by atoms with E-state index in [1.54, 1.807) is 11.3 Å². The van der Waals surface area contributed by atoms with Gasteiger partial charge in [-0.05, 0) is 31.5 Å². The van der Waals surface area contributed by atoms with Crippen molar-refractivity contribution in [2.45, 2.75) is 25.9 Å². The quantitative estimate of drug-likeness (QED) is 0.923. The number of rotatable bonds is 3. The summed E-state index contributed by atoms with van der Waals surface area (Å²) < 4.78 is 5.96. The summed E-state index contributed by atoms with van der Waals surface area (Å²) in [5.74, 6) is 0.996. The zero-order chi connectivity index (χ0) is 12.5. The number of aromatic nitrogens is 1. The molecule has 1 aliphatic rings. The lowest BCUT2D eigenvalue weighted by molar-refractivity contribution is 0.238. The Bertz CT molecular complexity index is 540. The predicted molar refractivity (Wildman–Crippen MR) is 73.1 cm³/mol. The molecule has 18 heavy (non-hydrogen) atoms. The van der Waals surface area contributed by atoms with E-state index in [4.69, 9.17) is 10.5 Å². The molecule has 0 saturated carbocycles. The van der Waals surface area contributed by atoms with Crippen LogP contribution in [-0.2, 0) is 12.8 Å². The van der Waals surface area contributed by atoms with Gasteiger partial charge in [0.05, 0.1) is 5.69 Å². The van der Waals surface area contributed by atoms with E-state index in [9.17, 15) is 0 Å². The minimum atomic E-state index is 0.0811. The molecular weight excluding hydrogens is 244 g/mol. The van der Waals surface area contributed by atoms with E-state index in [0.29, 0.717) is 6.54 Å². The Kier molecular flexibility index (Phi) is 3.06. The highest BCUT2D eigenvalue weighted by atomic mass is 32.1. The van der Waals surface area contributed by atoms with E-state index >= 15 is 0 Å². The van der Waals surface area contributed by atoms with Gasteiger partial charge in [0.15, 0.2) is 6.10 Å². The van der Waals surface area contributed by atoms with Gasteiger partial charge in [0.2, 0.25) is 0 Å². The molecule has 0 saturated heterocycles. The van der Waals surface area contributed by atoms with E-state index in [1.807, 2.05) is 19.1 Å². The highest BCUT2D eigenvalue weighted by molar-refractivity contribution is 7.11. The van der Waals surface area contributed by atoms with E-state index in [-0.39, 0.29) is 6.10 Å². The van der Waals surface area contributed by atoms with Gasteiger partial charge >= 0.3 is 0 Å². The summed E-state index contributed by atoms with van der Waals surface area (Å²) in [6, 6.07) is 8.21. The molecule has 3 nitrogen and oxygen atoms in total. The van der Waals surface area contributed by atoms with Crippen LogP contribution in [0.5, 0.6) is 5.75 Å². The first-order chi connectivity index (χ1) is 8.78. The second-order valence-corrected chi connectivity index (χ2v) is 5.63. The highest BCUT2D eigenvalue weighted by Gasteiger charge is 2.27. The Morgan fingerprint density at radius 3 is 3.06 bits per heavy atom. The van der Waals surface area contributed by atoms with Crippen molar-refractivity contribution in [2.75, 3.05) is 6.54 Å². The Hall–Kier alpha value is -1.39. The van der Waals surface area contributed by atoms with Gasteiger partial charge in [-0.1, -0.05) is 18.2 Å². The molecule has 4 heteroatoms. The van der Waals surface area contributed by atoms with Gasteiger partial charge in [-0.15, -0.1) is 11.3 Å². The summed E-state index contributed by atoms with van der Waals surface area (Å²) in [6.45, 7) is 2.72. The number of aryl methyl sites for hydroxylation is 1. The Labute approximate surface area is 111 Å². The van der Waals surface area contributed by atoms with E-state index in [1.165, 1.54) is 10.4 Å². The van der Waals surface area contributed by atoms with Crippen LogP contribution in [-0.4, -0.2) is 11.5 Å². The summed E-state index contributed by atoms with van der Waals surface area (Å²) in [5.41, 5.74) is 7.98. The van der Waals surface area contributed by atoms with Crippen molar-refractivity contribution < 1.29 is 4.74 Å². The van der Waals surface area contributed by atoms with Gasteiger partial charge in [0, 0.05) is 11.3 Å². The van der Waals surface area contributed by atoms with Crippen molar-refractivity contribution in [3.63, 3.8) is 0 Å². The fourth-order valence-electron chi connectivity index (χ4n) is 2.27. The summed E-state index contributed by atoms with van der Waals surface area (Å²) in [7, 11) is 0. The first-order valence-electron chi connectivity index (χ1n) is 6.18. The van der Waals surface area contributed by atoms with Crippen molar-refractivity contribution in [1.82, 2.24) is 4.98 Å². The van der Waals surface area contributed by atoms with Gasteiger partial charge in [0.1, 0.15) is 10.8 Å². The van der Waals surface area contributed by atoms with E-state index in [0.717, 1.165) is 29.3 Å². The van der Waals surface area contributed by atoms with Gasteiger partial charge in [0.25, 0.3) is 0 Å². The molecule has 1 atom stereocenters. The van der Waals surface area contributed by atoms with Gasteiger partial charge < -0.3 is 10.5 Å². The molecule has 1 aromatic carbocycles. The summed E-state index contributed by atoms with van der Waals surface area (Å²) in [6.07, 6.45) is 1.91. The van der Waals surface area contributed by atoms with Crippen LogP contribution in [0.1, 0.15) is 27.2 Å². The van der Waals surface area contributed by atoms with Crippen molar-refractivity contribution >= 4 is 11.3 Å². The Balaban J connectivity index is 1.84. The van der Waals surface area contributed by atoms with Crippen LogP contribution in [0.4, 0.5) is 0 Å². The molecule has 1 unspecified atom stereocenters. The second kappa shape index (κ2) is 4.71. The molecule has 2 aromatic rings. The number of ether oxygens (including phenoxy) is 1. The normalized spacial score (nSPS) is 17.6. The molecule has 0 spiro atoms. The number of para-hydroxylation sites is 1. The summed E-state index contributed by atoms with van der Waals surface area (Å²) >= 11 is 1.74. The largest absolute Gasteiger partial charge is 0.483 e. The first-order valence-corrected chi connectivity index (χ1v) is 7.00. The summed E-state index contributed by atoms with van der Waals surface area (Å²) in [4.78, 5) is 5.92. The van der Waals surface area contributed by atoms with Crippen LogP contribution in [0.2, 0.25) is 0 Å². The molecule has 0 aliphatic carbocycles. The highest BCUT2D eigenvalue weighted by Crippen LogP contribution is 2.38. The van der Waals surface area contributed by atoms with Gasteiger partial charge in [-0.2, -0.15) is 0 Å². The number of benzene rings is 1. The lowest BCUT2D eigenvalue weighted by atomic mass is 10.1. The minimum absolute atomic E-state index is 0.0811. The lowest BCUT2D eigenvalue weighted by Gasteiger charge is -2.06. The van der Waals surface area contributed by atoms with Crippen LogP contribution >= 0.6 is 11.3 Å². The topological polar surface area (TPSA) is 48.1 Å². The molecule has 1 aliphatic heterocycles. The Morgan fingerprint density at radius 2 is 2.28 bits per heavy atom. The van der Waals surface area contributed by atoms with Crippen molar-refractivity contribution in [1.29, 1.82) is 0 Å². The number of fused-ring (bicyclic) bond motifs is 1. The second-order valence-electron chi connectivity index (χ2n) is 4.52. The number of nitrogens with two attached hydrogens (primary N) is 1. The van der Waals surface area contributed by atoms with Crippen LogP contribution < -0.4 is 10.5 Å². The first kappa shape index (κ1) is 11.7. The standard InChI is InChI=1S/C14H16N2OS/c1-9-13(6-7-15)18-14(16-9)12-8-10-4-2-3-5-11(10)17-12/h2-5,12H,6-8,15H2,1H3. The molecule has 0 fully saturated rings. The molecule has 0 bridgehead atoms. The SMILES string of the molecule is Cc1nc(C2Cc3ccccc3O2)sc1CCN. The lowest BCUT2D eigenvalue weighted by Crippen LogP contribution is -2.02. The third kappa shape index (κ3) is 2.02. The van der Waals surface area contributed by atoms with Gasteiger partial charge in [-0.25, -0.2) is 4.98 Å². The maximum absolute atomic E-state index is 5.96. The van der Waals surface area contributed by atoms with Crippen molar-refractivity contribution in [3.8, 4) is 5.75 Å². The third-order valence-corrected chi connectivity index (χ3v) is 4.51.